The summed E-state index contributed by atoms with van der Waals surface area (Å²) in [6.07, 6.45) is -16.7. The number of halogens is 10. The van der Waals surface area contributed by atoms with Crippen LogP contribution in [0, 0.1) is 0 Å². The maximum Gasteiger partial charge on any atom is 0.423 e. The van der Waals surface area contributed by atoms with Crippen LogP contribution in [0.25, 0.3) is 0 Å². The Morgan fingerprint density at radius 2 is 1.53 bits per heavy atom. The molecule has 4 nitrogen and oxygen atoms in total. The summed E-state index contributed by atoms with van der Waals surface area (Å²) >= 11 is 5.95. The summed E-state index contributed by atoms with van der Waals surface area (Å²) < 4.78 is 116. The van der Waals surface area contributed by atoms with Crippen LogP contribution in [-0.2, 0) is 23.1 Å². The molecule has 0 fully saturated rings. The number of aliphatic hydroxyl groups is 1. The van der Waals surface area contributed by atoms with Crippen molar-refractivity contribution in [1.82, 2.24) is 5.32 Å². The van der Waals surface area contributed by atoms with Crippen LogP contribution >= 0.6 is 11.6 Å². The lowest BCUT2D eigenvalue weighted by molar-refractivity contribution is -0.260. The predicted octanol–water partition coefficient (Wildman–Crippen LogP) is 5.79. The van der Waals surface area contributed by atoms with E-state index in [-0.39, 0.29) is 22.3 Å². The fraction of sp³-hybridized carbons (Fsp3) is 0.350. The summed E-state index contributed by atoms with van der Waals surface area (Å²) in [5.41, 5.74) is -6.06. The molecule has 0 aliphatic rings. The van der Waals surface area contributed by atoms with Crippen LogP contribution in [0.15, 0.2) is 42.5 Å². The molecule has 0 radical (unpaired) electrons. The molecular weight excluding hydrogens is 507 g/mol. The fourth-order valence-electron chi connectivity index (χ4n) is 2.79. The molecule has 2 aromatic rings. The van der Waals surface area contributed by atoms with Gasteiger partial charge in [-0.05, 0) is 35.4 Å². The molecule has 14 heteroatoms. The zero-order valence-electron chi connectivity index (χ0n) is 16.8. The number of rotatable bonds is 7. The normalized spacial score (nSPS) is 14.4. The quantitative estimate of drug-likeness (QED) is 0.404. The minimum atomic E-state index is -5.36. The van der Waals surface area contributed by atoms with Crippen molar-refractivity contribution >= 4 is 23.2 Å². The zero-order chi connectivity index (χ0) is 25.9. The number of alkyl halides is 9. The van der Waals surface area contributed by atoms with E-state index in [1.54, 1.807) is 0 Å². The highest BCUT2D eigenvalue weighted by Gasteiger charge is 2.55. The molecule has 34 heavy (non-hydrogen) atoms. The van der Waals surface area contributed by atoms with Gasteiger partial charge in [0.1, 0.15) is 6.42 Å². The lowest BCUT2D eigenvalue weighted by Gasteiger charge is -2.32. The van der Waals surface area contributed by atoms with Gasteiger partial charge in [-0.1, -0.05) is 29.8 Å². The van der Waals surface area contributed by atoms with Crippen molar-refractivity contribution in [2.45, 2.75) is 37.1 Å². The lowest BCUT2D eigenvalue weighted by atomic mass is 9.91. The smallest absolute Gasteiger partial charge is 0.381 e. The van der Waals surface area contributed by atoms with E-state index < -0.39 is 60.7 Å². The van der Waals surface area contributed by atoms with E-state index in [9.17, 15) is 49.4 Å². The van der Waals surface area contributed by atoms with Crippen molar-refractivity contribution < 1.29 is 49.4 Å². The van der Waals surface area contributed by atoms with Gasteiger partial charge in [-0.2, -0.15) is 39.5 Å². The van der Waals surface area contributed by atoms with Crippen molar-refractivity contribution in [3.05, 3.63) is 64.2 Å². The summed E-state index contributed by atoms with van der Waals surface area (Å²) in [4.78, 5) is 11.2. The number of carbonyl (C=O) groups excluding carboxylic acids is 1. The maximum absolute atomic E-state index is 13.6. The van der Waals surface area contributed by atoms with Crippen molar-refractivity contribution in [3.63, 3.8) is 0 Å². The van der Waals surface area contributed by atoms with Crippen LogP contribution in [0.5, 0.6) is 0 Å². The van der Waals surface area contributed by atoms with E-state index in [1.165, 1.54) is 12.1 Å². The van der Waals surface area contributed by atoms with Crippen molar-refractivity contribution in [2.24, 2.45) is 0 Å². The third-order valence-electron chi connectivity index (χ3n) is 4.57. The number of amides is 1. The Hall–Kier alpha value is -2.67. The molecule has 0 aliphatic carbocycles. The van der Waals surface area contributed by atoms with Crippen LogP contribution in [-0.4, -0.2) is 29.9 Å². The van der Waals surface area contributed by atoms with Gasteiger partial charge in [0.2, 0.25) is 11.5 Å². The van der Waals surface area contributed by atoms with Crippen molar-refractivity contribution in [2.75, 3.05) is 11.9 Å². The van der Waals surface area contributed by atoms with E-state index in [2.05, 4.69) is 5.32 Å². The van der Waals surface area contributed by atoms with E-state index >= 15 is 0 Å². The summed E-state index contributed by atoms with van der Waals surface area (Å²) in [6, 6.07) is 5.62. The molecule has 0 bridgehead atoms. The predicted molar refractivity (Wildman–Crippen MR) is 104 cm³/mol. The Balaban J connectivity index is 2.18. The summed E-state index contributed by atoms with van der Waals surface area (Å²) in [6.45, 7) is -1.68. The molecule has 0 spiro atoms. The summed E-state index contributed by atoms with van der Waals surface area (Å²) in [5.74, 6) is -1.32. The highest BCUT2D eigenvalue weighted by atomic mass is 35.5. The number of nitrogens with one attached hydrogen (secondary N) is 2. The van der Waals surface area contributed by atoms with Crippen LogP contribution in [0.3, 0.4) is 0 Å². The third kappa shape index (κ3) is 7.16. The average molecular weight is 523 g/mol. The highest BCUT2D eigenvalue weighted by Crippen LogP contribution is 2.41. The van der Waals surface area contributed by atoms with Crippen LogP contribution < -0.4 is 10.6 Å². The first-order valence-corrected chi connectivity index (χ1v) is 9.63. The van der Waals surface area contributed by atoms with E-state index in [1.807, 2.05) is 5.32 Å². The number of benzene rings is 2. The molecule has 3 N–H and O–H groups in total. The fourth-order valence-corrected chi connectivity index (χ4v) is 3.04. The Kier molecular flexibility index (Phi) is 8.03. The number of anilines is 1. The molecule has 0 aromatic heterocycles. The molecule has 2 aromatic carbocycles. The first-order valence-electron chi connectivity index (χ1n) is 9.25. The third-order valence-corrected chi connectivity index (χ3v) is 4.93. The van der Waals surface area contributed by atoms with Gasteiger partial charge in [-0.25, -0.2) is 0 Å². The van der Waals surface area contributed by atoms with Gasteiger partial charge in [0.05, 0.1) is 12.1 Å². The van der Waals surface area contributed by atoms with E-state index in [4.69, 9.17) is 11.6 Å². The molecule has 1 atom stereocenters. The first kappa shape index (κ1) is 27.6. The number of hydrogen-bond acceptors (Lipinski definition) is 3. The molecule has 1 amide bonds. The number of hydrogen-bond donors (Lipinski definition) is 3. The van der Waals surface area contributed by atoms with Gasteiger partial charge in [0, 0.05) is 17.3 Å². The summed E-state index contributed by atoms with van der Waals surface area (Å²) in [7, 11) is 0. The average Bonchev–Trinajstić information content (AvgIpc) is 2.68. The van der Waals surface area contributed by atoms with Gasteiger partial charge >= 0.3 is 18.5 Å². The largest absolute Gasteiger partial charge is 0.423 e. The van der Waals surface area contributed by atoms with Crippen LogP contribution in [0.1, 0.15) is 23.1 Å². The van der Waals surface area contributed by atoms with E-state index in [0.717, 1.165) is 12.1 Å². The Morgan fingerprint density at radius 3 is 2.06 bits per heavy atom. The molecule has 188 valence electrons. The van der Waals surface area contributed by atoms with Gasteiger partial charge in [0.25, 0.3) is 0 Å². The molecule has 0 unspecified atom stereocenters. The van der Waals surface area contributed by atoms with Crippen LogP contribution in [0.2, 0.25) is 5.02 Å². The van der Waals surface area contributed by atoms with Gasteiger partial charge in [0.15, 0.2) is 0 Å². The topological polar surface area (TPSA) is 61.4 Å². The Bertz CT molecular complexity index is 1020. The minimum absolute atomic E-state index is 0.0787. The summed E-state index contributed by atoms with van der Waals surface area (Å²) in [5, 5.41) is 14.4. The second kappa shape index (κ2) is 9.90. The van der Waals surface area contributed by atoms with Crippen molar-refractivity contribution in [1.29, 1.82) is 0 Å². The maximum atomic E-state index is 13.6. The SMILES string of the molecule is O=C(CC(F)(F)F)NCc1ccc(NC[C@@](O)(c2cccc(C(F)(F)F)c2)C(F)(F)F)cc1Cl. The standard InChI is InChI=1S/C20H16ClF9N2O2/c21-15-7-14(5-4-11(15)9-31-16(33)8-18(22,23)24)32-10-17(34,20(28,29)30)12-2-1-3-13(6-12)19(25,26)27/h1-7,32,34H,8-10H2,(H,31,33)/t17-/m1/s1. The number of carbonyl (C=O) groups is 1. The highest BCUT2D eigenvalue weighted by molar-refractivity contribution is 6.31. The lowest BCUT2D eigenvalue weighted by Crippen LogP contribution is -2.48. The van der Waals surface area contributed by atoms with Crippen LogP contribution in [0.4, 0.5) is 45.2 Å². The second-order valence-corrected chi connectivity index (χ2v) is 7.57. The molecule has 0 saturated heterocycles. The molecular formula is C20H16ClF9N2O2. The van der Waals surface area contributed by atoms with E-state index in [0.29, 0.717) is 12.1 Å². The molecule has 0 saturated carbocycles. The monoisotopic (exact) mass is 522 g/mol. The molecule has 2 rings (SSSR count). The van der Waals surface area contributed by atoms with Gasteiger partial charge < -0.3 is 15.7 Å². The van der Waals surface area contributed by atoms with Crippen molar-refractivity contribution in [3.8, 4) is 0 Å². The molecule has 0 heterocycles. The second-order valence-electron chi connectivity index (χ2n) is 7.17. The Morgan fingerprint density at radius 1 is 0.912 bits per heavy atom. The van der Waals surface area contributed by atoms with Gasteiger partial charge in [-0.15, -0.1) is 0 Å². The Labute approximate surface area is 191 Å². The van der Waals surface area contributed by atoms with Gasteiger partial charge in [-0.3, -0.25) is 4.79 Å². The first-order chi connectivity index (χ1) is 15.4. The minimum Gasteiger partial charge on any atom is -0.381 e. The zero-order valence-corrected chi connectivity index (χ0v) is 17.6. The molecule has 0 aliphatic heterocycles.